The number of amides is 1. The van der Waals surface area contributed by atoms with Gasteiger partial charge in [-0.1, -0.05) is 24.8 Å². The summed E-state index contributed by atoms with van der Waals surface area (Å²) in [6.07, 6.45) is 0. The van der Waals surface area contributed by atoms with Crippen LogP contribution in [0.15, 0.2) is 48.6 Å². The molecule has 2 aromatic carbocycles. The Hall–Kier alpha value is -3.59. The van der Waals surface area contributed by atoms with Gasteiger partial charge in [0.2, 0.25) is 0 Å². The average molecular weight is 389 g/mol. The Morgan fingerprint density at radius 2 is 2.03 bits per heavy atom. The van der Waals surface area contributed by atoms with Crippen molar-refractivity contribution < 1.29 is 14.3 Å². The Morgan fingerprint density at radius 1 is 1.31 bits per heavy atom. The normalized spacial score (nSPS) is 13.0. The van der Waals surface area contributed by atoms with Crippen LogP contribution in [0.5, 0.6) is 0 Å². The Bertz CT molecular complexity index is 1060. The lowest BCUT2D eigenvalue weighted by molar-refractivity contribution is 0.00694. The van der Waals surface area contributed by atoms with Crippen molar-refractivity contribution >= 4 is 17.6 Å². The highest BCUT2D eigenvalue weighted by atomic mass is 16.6. The number of nitrogens with zero attached hydrogens (tertiary/aromatic N) is 2. The number of hydrogen-bond acceptors (Lipinski definition) is 5. The summed E-state index contributed by atoms with van der Waals surface area (Å²) < 4.78 is 5.45. The Kier molecular flexibility index (Phi) is 5.17. The van der Waals surface area contributed by atoms with E-state index in [1.54, 1.807) is 29.2 Å². The number of anilines is 1. The maximum absolute atomic E-state index is 12.8. The molecular formula is C23H23N3O3. The van der Waals surface area contributed by atoms with Crippen molar-refractivity contribution in [2.75, 3.05) is 12.3 Å². The number of rotatable bonds is 4. The van der Waals surface area contributed by atoms with Crippen LogP contribution in [-0.2, 0) is 11.3 Å². The third-order valence-corrected chi connectivity index (χ3v) is 4.54. The molecule has 6 nitrogen and oxygen atoms in total. The van der Waals surface area contributed by atoms with E-state index in [2.05, 4.69) is 6.58 Å². The van der Waals surface area contributed by atoms with E-state index in [4.69, 9.17) is 15.7 Å². The maximum atomic E-state index is 12.8. The summed E-state index contributed by atoms with van der Waals surface area (Å²) >= 11 is 0. The Balaban J connectivity index is 2.00. The van der Waals surface area contributed by atoms with E-state index in [9.17, 15) is 9.59 Å². The quantitative estimate of drug-likeness (QED) is 0.485. The van der Waals surface area contributed by atoms with Crippen LogP contribution in [0, 0.1) is 11.3 Å². The number of nitrogen functional groups attached to an aromatic ring is 1. The molecule has 1 heterocycles. The third kappa shape index (κ3) is 4.14. The molecule has 6 heteroatoms. The molecule has 0 fully saturated rings. The smallest absolute Gasteiger partial charge is 0.338 e. The lowest BCUT2D eigenvalue weighted by atomic mass is 9.94. The zero-order valence-corrected chi connectivity index (χ0v) is 16.8. The van der Waals surface area contributed by atoms with Crippen molar-refractivity contribution in [3.63, 3.8) is 0 Å². The molecule has 0 saturated heterocycles. The highest BCUT2D eigenvalue weighted by Gasteiger charge is 2.32. The largest absolute Gasteiger partial charge is 0.456 e. The predicted molar refractivity (Wildman–Crippen MR) is 111 cm³/mol. The number of nitrogens with two attached hydrogens (primary N) is 1. The van der Waals surface area contributed by atoms with E-state index in [1.807, 2.05) is 39.0 Å². The highest BCUT2D eigenvalue weighted by molar-refractivity contribution is 6.05. The van der Waals surface area contributed by atoms with Crippen molar-refractivity contribution in [2.24, 2.45) is 0 Å². The second-order valence-corrected chi connectivity index (χ2v) is 8.02. The number of esters is 1. The van der Waals surface area contributed by atoms with Gasteiger partial charge in [0, 0.05) is 17.8 Å². The van der Waals surface area contributed by atoms with Gasteiger partial charge >= 0.3 is 5.97 Å². The molecule has 0 spiro atoms. The summed E-state index contributed by atoms with van der Waals surface area (Å²) in [6, 6.07) is 12.6. The molecule has 0 aliphatic carbocycles. The van der Waals surface area contributed by atoms with Crippen molar-refractivity contribution in [1.29, 1.82) is 5.26 Å². The summed E-state index contributed by atoms with van der Waals surface area (Å²) in [6.45, 7) is 9.59. The molecule has 2 N–H and O–H groups in total. The molecule has 1 aliphatic heterocycles. The predicted octanol–water partition coefficient (Wildman–Crippen LogP) is 3.93. The molecule has 29 heavy (non-hydrogen) atoms. The highest BCUT2D eigenvalue weighted by Crippen LogP contribution is 2.36. The van der Waals surface area contributed by atoms with E-state index in [0.29, 0.717) is 28.9 Å². The van der Waals surface area contributed by atoms with Gasteiger partial charge < -0.3 is 15.4 Å². The average Bonchev–Trinajstić information content (AvgIpc) is 2.97. The molecule has 2 aromatic rings. The number of nitriles is 1. The standard InChI is InChI=1S/C23H23N3O3/c1-14(11-24)12-26-13-18-17(8-9-19(25)20(18)21(26)27)15-6-5-7-16(10-15)22(28)29-23(2,3)4/h5-10H,1,12-13,25H2,2-4H3. The fourth-order valence-corrected chi connectivity index (χ4v) is 3.32. The lowest BCUT2D eigenvalue weighted by Crippen LogP contribution is -2.26. The van der Waals surface area contributed by atoms with Gasteiger partial charge in [-0.2, -0.15) is 5.26 Å². The summed E-state index contributed by atoms with van der Waals surface area (Å²) in [5.41, 5.74) is 9.44. The van der Waals surface area contributed by atoms with Gasteiger partial charge in [-0.05, 0) is 55.7 Å². The van der Waals surface area contributed by atoms with Gasteiger partial charge in [0.1, 0.15) is 5.60 Å². The van der Waals surface area contributed by atoms with Crippen molar-refractivity contribution in [3.05, 3.63) is 65.2 Å². The number of ether oxygens (including phenoxy) is 1. The fourth-order valence-electron chi connectivity index (χ4n) is 3.32. The zero-order valence-electron chi connectivity index (χ0n) is 16.8. The summed E-state index contributed by atoms with van der Waals surface area (Å²) in [5, 5.41) is 8.99. The Labute approximate surface area is 170 Å². The van der Waals surface area contributed by atoms with Gasteiger partial charge in [-0.3, -0.25) is 4.79 Å². The van der Waals surface area contributed by atoms with Crippen LogP contribution in [0.2, 0.25) is 0 Å². The minimum absolute atomic E-state index is 0.154. The van der Waals surface area contributed by atoms with Crippen LogP contribution in [0.25, 0.3) is 11.1 Å². The monoisotopic (exact) mass is 389 g/mol. The summed E-state index contributed by atoms with van der Waals surface area (Å²) in [7, 11) is 0. The first-order chi connectivity index (χ1) is 13.6. The fraction of sp³-hybridized carbons (Fsp3) is 0.261. The van der Waals surface area contributed by atoms with Crippen LogP contribution < -0.4 is 5.73 Å². The van der Waals surface area contributed by atoms with E-state index < -0.39 is 11.6 Å². The van der Waals surface area contributed by atoms with Crippen molar-refractivity contribution in [2.45, 2.75) is 32.9 Å². The van der Waals surface area contributed by atoms with Gasteiger partial charge in [0.15, 0.2) is 0 Å². The molecule has 0 saturated carbocycles. The number of carbonyl (C=O) groups is 2. The third-order valence-electron chi connectivity index (χ3n) is 4.54. The van der Waals surface area contributed by atoms with E-state index in [0.717, 1.165) is 16.7 Å². The van der Waals surface area contributed by atoms with Crippen molar-refractivity contribution in [1.82, 2.24) is 4.90 Å². The van der Waals surface area contributed by atoms with Gasteiger partial charge in [-0.25, -0.2) is 4.79 Å². The minimum atomic E-state index is -0.592. The molecule has 0 atom stereocenters. The molecule has 0 bridgehead atoms. The number of hydrogen-bond donors (Lipinski definition) is 1. The molecule has 1 amide bonds. The first-order valence-corrected chi connectivity index (χ1v) is 9.23. The molecule has 0 unspecified atom stereocenters. The molecule has 0 radical (unpaired) electrons. The second kappa shape index (κ2) is 7.44. The van der Waals surface area contributed by atoms with Crippen LogP contribution in [0.1, 0.15) is 47.1 Å². The zero-order chi connectivity index (χ0) is 21.3. The van der Waals surface area contributed by atoms with Gasteiger partial charge in [0.25, 0.3) is 5.91 Å². The minimum Gasteiger partial charge on any atom is -0.456 e. The number of carbonyl (C=O) groups excluding carboxylic acids is 2. The number of fused-ring (bicyclic) bond motifs is 1. The summed E-state index contributed by atoms with van der Waals surface area (Å²) in [5.74, 6) is -0.631. The van der Waals surface area contributed by atoms with Crippen LogP contribution in [0.3, 0.4) is 0 Å². The van der Waals surface area contributed by atoms with E-state index in [-0.39, 0.29) is 12.5 Å². The molecule has 148 valence electrons. The lowest BCUT2D eigenvalue weighted by Gasteiger charge is -2.19. The van der Waals surface area contributed by atoms with E-state index >= 15 is 0 Å². The Morgan fingerprint density at radius 3 is 2.69 bits per heavy atom. The maximum Gasteiger partial charge on any atom is 0.338 e. The molecule has 0 aromatic heterocycles. The SMILES string of the molecule is C=C(C#N)CN1Cc2c(-c3cccc(C(=O)OC(C)(C)C)c3)ccc(N)c2C1=O. The first-order valence-electron chi connectivity index (χ1n) is 9.23. The van der Waals surface area contributed by atoms with E-state index in [1.165, 1.54) is 0 Å². The summed E-state index contributed by atoms with van der Waals surface area (Å²) in [4.78, 5) is 26.8. The van der Waals surface area contributed by atoms with Crippen LogP contribution >= 0.6 is 0 Å². The molecule has 1 aliphatic rings. The topological polar surface area (TPSA) is 96.4 Å². The molecular weight excluding hydrogens is 366 g/mol. The van der Waals surface area contributed by atoms with Crippen LogP contribution in [-0.4, -0.2) is 28.9 Å². The number of benzene rings is 2. The van der Waals surface area contributed by atoms with Gasteiger partial charge in [0.05, 0.1) is 23.7 Å². The van der Waals surface area contributed by atoms with Gasteiger partial charge in [-0.15, -0.1) is 0 Å². The van der Waals surface area contributed by atoms with Crippen molar-refractivity contribution in [3.8, 4) is 17.2 Å². The first kappa shape index (κ1) is 20.2. The second-order valence-electron chi connectivity index (χ2n) is 8.02. The van der Waals surface area contributed by atoms with Crippen LogP contribution in [0.4, 0.5) is 5.69 Å². The molecule has 3 rings (SSSR count).